The molecule has 3 heterocycles. The molecule has 0 aliphatic carbocycles. The normalized spacial score (nSPS) is 16.8. The van der Waals surface area contributed by atoms with Crippen LogP contribution in [-0.4, -0.2) is 36.5 Å². The predicted molar refractivity (Wildman–Crippen MR) is 104 cm³/mol. The van der Waals surface area contributed by atoms with Crippen molar-refractivity contribution in [1.82, 2.24) is 9.55 Å². The molecular weight excluding hydrogens is 393 g/mol. The lowest BCUT2D eigenvalue weighted by atomic mass is 9.88. The fraction of sp³-hybridized carbons (Fsp3) is 0.238. The van der Waals surface area contributed by atoms with E-state index in [1.54, 1.807) is 29.1 Å². The highest BCUT2D eigenvalue weighted by molar-refractivity contribution is 5.94. The van der Waals surface area contributed by atoms with Crippen LogP contribution in [0.5, 0.6) is 23.0 Å². The fourth-order valence-electron chi connectivity index (χ4n) is 3.92. The molecular formula is C21H18FN3O5. The lowest BCUT2D eigenvalue weighted by molar-refractivity contribution is -0.116. The van der Waals surface area contributed by atoms with Gasteiger partial charge in [0.05, 0.1) is 19.9 Å². The number of anilines is 1. The Morgan fingerprint density at radius 3 is 2.67 bits per heavy atom. The number of ether oxygens (including phenoxy) is 4. The van der Waals surface area contributed by atoms with Crippen molar-refractivity contribution in [2.24, 2.45) is 0 Å². The molecule has 9 heteroatoms. The molecule has 0 fully saturated rings. The second kappa shape index (κ2) is 6.94. The van der Waals surface area contributed by atoms with Gasteiger partial charge in [-0.2, -0.15) is 0 Å². The van der Waals surface area contributed by atoms with Crippen LogP contribution in [0.25, 0.3) is 5.69 Å². The Hall–Kier alpha value is -3.75. The van der Waals surface area contributed by atoms with Crippen molar-refractivity contribution < 1.29 is 28.1 Å². The zero-order chi connectivity index (χ0) is 20.8. The van der Waals surface area contributed by atoms with Crippen LogP contribution >= 0.6 is 0 Å². The summed E-state index contributed by atoms with van der Waals surface area (Å²) in [6.07, 6.45) is 1.78. The third kappa shape index (κ3) is 2.73. The monoisotopic (exact) mass is 411 g/mol. The number of halogens is 1. The van der Waals surface area contributed by atoms with E-state index in [1.807, 2.05) is 0 Å². The van der Waals surface area contributed by atoms with Crippen molar-refractivity contribution in [1.29, 1.82) is 0 Å². The van der Waals surface area contributed by atoms with E-state index in [9.17, 15) is 9.18 Å². The number of nitrogens with zero attached hydrogens (tertiary/aromatic N) is 2. The minimum absolute atomic E-state index is 0.0566. The number of amides is 1. The lowest BCUT2D eigenvalue weighted by Gasteiger charge is -2.25. The van der Waals surface area contributed by atoms with Crippen molar-refractivity contribution >= 4 is 11.7 Å². The van der Waals surface area contributed by atoms with Gasteiger partial charge in [-0.1, -0.05) is 0 Å². The van der Waals surface area contributed by atoms with Crippen LogP contribution in [0.2, 0.25) is 0 Å². The van der Waals surface area contributed by atoms with Gasteiger partial charge in [0.2, 0.25) is 24.2 Å². The number of hydrogen-bond acceptors (Lipinski definition) is 6. The maximum atomic E-state index is 13.3. The molecule has 1 amide bonds. The summed E-state index contributed by atoms with van der Waals surface area (Å²) >= 11 is 0. The Labute approximate surface area is 171 Å². The molecule has 5 rings (SSSR count). The zero-order valence-corrected chi connectivity index (χ0v) is 16.3. The summed E-state index contributed by atoms with van der Waals surface area (Å²) in [6, 6.07) is 7.75. The summed E-state index contributed by atoms with van der Waals surface area (Å²) < 4.78 is 37.3. The summed E-state index contributed by atoms with van der Waals surface area (Å²) in [6.45, 7) is 0.0566. The highest BCUT2D eigenvalue weighted by atomic mass is 19.1. The second-order valence-corrected chi connectivity index (χ2v) is 6.90. The van der Waals surface area contributed by atoms with E-state index in [1.165, 1.54) is 26.4 Å². The van der Waals surface area contributed by atoms with Crippen LogP contribution in [-0.2, 0) is 4.79 Å². The molecule has 0 saturated heterocycles. The molecule has 3 aromatic rings. The molecule has 0 saturated carbocycles. The van der Waals surface area contributed by atoms with Crippen molar-refractivity contribution in [2.75, 3.05) is 26.3 Å². The number of benzene rings is 2. The van der Waals surface area contributed by atoms with Crippen LogP contribution in [0.15, 0.2) is 36.7 Å². The molecule has 1 unspecified atom stereocenters. The number of aromatic nitrogens is 2. The predicted octanol–water partition coefficient (Wildman–Crippen LogP) is 3.23. The molecule has 30 heavy (non-hydrogen) atoms. The Morgan fingerprint density at radius 1 is 1.17 bits per heavy atom. The highest BCUT2D eigenvalue weighted by Gasteiger charge is 2.36. The first-order valence-corrected chi connectivity index (χ1v) is 9.28. The van der Waals surface area contributed by atoms with Gasteiger partial charge >= 0.3 is 0 Å². The average molecular weight is 411 g/mol. The van der Waals surface area contributed by atoms with Crippen LogP contribution in [0, 0.1) is 5.82 Å². The molecule has 2 aliphatic rings. The SMILES string of the molecule is COc1cc(C2CC(=O)Nc3c2ncn3-c2ccc(F)cc2)c(OC)c2c1OCO2. The summed E-state index contributed by atoms with van der Waals surface area (Å²) in [5.41, 5.74) is 2.05. The third-order valence-electron chi connectivity index (χ3n) is 5.27. The molecule has 1 atom stereocenters. The number of methoxy groups -OCH3 is 2. The van der Waals surface area contributed by atoms with E-state index < -0.39 is 5.92 Å². The molecule has 154 valence electrons. The maximum absolute atomic E-state index is 13.3. The topological polar surface area (TPSA) is 83.8 Å². The van der Waals surface area contributed by atoms with E-state index in [0.717, 1.165) is 0 Å². The Kier molecular flexibility index (Phi) is 4.23. The van der Waals surface area contributed by atoms with E-state index >= 15 is 0 Å². The number of carbonyl (C=O) groups is 1. The van der Waals surface area contributed by atoms with Gasteiger partial charge in [0.25, 0.3) is 0 Å². The molecule has 0 spiro atoms. The molecule has 0 bridgehead atoms. The average Bonchev–Trinajstić information content (AvgIpc) is 3.40. The van der Waals surface area contributed by atoms with Crippen molar-refractivity contribution in [2.45, 2.75) is 12.3 Å². The number of carbonyl (C=O) groups excluding carboxylic acids is 1. The summed E-state index contributed by atoms with van der Waals surface area (Å²) in [5.74, 6) is 1.50. The molecule has 0 radical (unpaired) electrons. The van der Waals surface area contributed by atoms with Crippen LogP contribution < -0.4 is 24.3 Å². The number of nitrogens with one attached hydrogen (secondary N) is 1. The third-order valence-corrected chi connectivity index (χ3v) is 5.27. The maximum Gasteiger partial charge on any atom is 0.231 e. The van der Waals surface area contributed by atoms with Gasteiger partial charge in [0.1, 0.15) is 18.0 Å². The Balaban J connectivity index is 1.66. The first-order valence-electron chi connectivity index (χ1n) is 9.28. The van der Waals surface area contributed by atoms with Crippen LogP contribution in [0.4, 0.5) is 10.2 Å². The van der Waals surface area contributed by atoms with Gasteiger partial charge in [0.15, 0.2) is 11.5 Å². The lowest BCUT2D eigenvalue weighted by Crippen LogP contribution is -2.25. The van der Waals surface area contributed by atoms with E-state index in [2.05, 4.69) is 10.3 Å². The van der Waals surface area contributed by atoms with Gasteiger partial charge in [-0.05, 0) is 30.3 Å². The van der Waals surface area contributed by atoms with E-state index in [4.69, 9.17) is 18.9 Å². The van der Waals surface area contributed by atoms with Crippen molar-refractivity contribution in [3.05, 3.63) is 53.7 Å². The minimum Gasteiger partial charge on any atom is -0.493 e. The van der Waals surface area contributed by atoms with Crippen LogP contribution in [0.3, 0.4) is 0 Å². The van der Waals surface area contributed by atoms with Crippen molar-refractivity contribution in [3.8, 4) is 28.7 Å². The van der Waals surface area contributed by atoms with Gasteiger partial charge in [-0.3, -0.25) is 9.36 Å². The number of imidazole rings is 1. The highest BCUT2D eigenvalue weighted by Crippen LogP contribution is 2.53. The summed E-state index contributed by atoms with van der Waals surface area (Å²) in [5, 5.41) is 2.88. The Bertz CT molecular complexity index is 1140. The minimum atomic E-state index is -0.395. The van der Waals surface area contributed by atoms with Gasteiger partial charge < -0.3 is 24.3 Å². The standard InChI is InChI=1S/C21H18FN3O5/c1-27-15-7-14(18(28-2)20-19(15)29-10-30-20)13-8-16(26)24-21-17(13)23-9-25(21)12-5-3-11(22)4-6-12/h3-7,9,13H,8,10H2,1-2H3,(H,24,26). The molecule has 1 aromatic heterocycles. The smallest absolute Gasteiger partial charge is 0.231 e. The zero-order valence-electron chi connectivity index (χ0n) is 16.3. The van der Waals surface area contributed by atoms with Crippen molar-refractivity contribution in [3.63, 3.8) is 0 Å². The quantitative estimate of drug-likeness (QED) is 0.710. The first kappa shape index (κ1) is 18.3. The van der Waals surface area contributed by atoms with Gasteiger partial charge in [0, 0.05) is 23.6 Å². The summed E-state index contributed by atoms with van der Waals surface area (Å²) in [4.78, 5) is 17.2. The molecule has 2 aromatic carbocycles. The largest absolute Gasteiger partial charge is 0.493 e. The Morgan fingerprint density at radius 2 is 1.93 bits per heavy atom. The molecule has 1 N–H and O–H groups in total. The fourth-order valence-corrected chi connectivity index (χ4v) is 3.92. The van der Waals surface area contributed by atoms with Crippen LogP contribution in [0.1, 0.15) is 23.6 Å². The van der Waals surface area contributed by atoms with E-state index in [0.29, 0.717) is 45.8 Å². The summed E-state index contributed by atoms with van der Waals surface area (Å²) in [7, 11) is 3.07. The number of rotatable bonds is 4. The molecule has 8 nitrogen and oxygen atoms in total. The van der Waals surface area contributed by atoms with E-state index in [-0.39, 0.29) is 24.9 Å². The molecule has 2 aliphatic heterocycles. The number of fused-ring (bicyclic) bond motifs is 2. The number of hydrogen-bond donors (Lipinski definition) is 1. The first-order chi connectivity index (χ1) is 14.6. The second-order valence-electron chi connectivity index (χ2n) is 6.90. The van der Waals surface area contributed by atoms with Gasteiger partial charge in [-0.25, -0.2) is 9.37 Å². The van der Waals surface area contributed by atoms with Gasteiger partial charge in [-0.15, -0.1) is 0 Å².